The zero-order valence-corrected chi connectivity index (χ0v) is 17.2. The molecule has 27 heavy (non-hydrogen) atoms. The van der Waals surface area contributed by atoms with Crippen molar-refractivity contribution in [2.24, 2.45) is 0 Å². The van der Waals surface area contributed by atoms with Crippen LogP contribution < -0.4 is 15.4 Å². The van der Waals surface area contributed by atoms with Crippen LogP contribution in [-0.4, -0.2) is 47.2 Å². The van der Waals surface area contributed by atoms with Crippen molar-refractivity contribution in [1.29, 1.82) is 0 Å². The van der Waals surface area contributed by atoms with E-state index in [4.69, 9.17) is 5.41 Å². The lowest BCUT2D eigenvalue weighted by molar-refractivity contribution is -0.113. The summed E-state index contributed by atoms with van der Waals surface area (Å²) in [5.41, 5.74) is 0.701. The molecule has 0 fully saturated rings. The fourth-order valence-corrected chi connectivity index (χ4v) is 4.28. The molecular formula is C18H25F2N4OS2+. The molecule has 148 valence electrons. The third kappa shape index (κ3) is 6.22. The Morgan fingerprint density at radius 1 is 1.41 bits per heavy atom. The topological polar surface area (TPSA) is 70.0 Å². The summed E-state index contributed by atoms with van der Waals surface area (Å²) < 4.78 is 30.0. The number of anilines is 1. The van der Waals surface area contributed by atoms with E-state index in [0.717, 1.165) is 30.5 Å². The normalized spacial score (nSPS) is 17.4. The van der Waals surface area contributed by atoms with E-state index in [2.05, 4.69) is 35.7 Å². The van der Waals surface area contributed by atoms with Crippen molar-refractivity contribution < 1.29 is 19.0 Å². The van der Waals surface area contributed by atoms with Crippen LogP contribution in [-0.2, 0) is 4.79 Å². The fourth-order valence-electron chi connectivity index (χ4n) is 2.64. The highest BCUT2D eigenvalue weighted by atomic mass is 32.2. The second-order valence-electron chi connectivity index (χ2n) is 6.41. The predicted octanol–water partition coefficient (Wildman–Crippen LogP) is 2.03. The number of carbonyl (C=O) groups excluding carboxylic acids is 1. The van der Waals surface area contributed by atoms with Gasteiger partial charge in [0.25, 0.3) is 5.91 Å². The molecule has 1 aromatic carbocycles. The van der Waals surface area contributed by atoms with Crippen LogP contribution in [0.3, 0.4) is 0 Å². The first-order valence-corrected chi connectivity index (χ1v) is 10.5. The summed E-state index contributed by atoms with van der Waals surface area (Å²) in [5, 5.41) is 8.85. The Labute approximate surface area is 167 Å². The van der Waals surface area contributed by atoms with Gasteiger partial charge in [-0.15, -0.1) is 11.8 Å². The van der Waals surface area contributed by atoms with Crippen LogP contribution in [0.25, 0.3) is 0 Å². The quantitative estimate of drug-likeness (QED) is 0.344. The first kappa shape index (κ1) is 21.7. The Kier molecular flexibility index (Phi) is 8.12. The molecule has 0 aliphatic carbocycles. The van der Waals surface area contributed by atoms with Crippen molar-refractivity contribution in [3.63, 3.8) is 0 Å². The van der Waals surface area contributed by atoms with Gasteiger partial charge in [-0.05, 0) is 19.1 Å². The van der Waals surface area contributed by atoms with Crippen LogP contribution >= 0.6 is 23.7 Å². The third-order valence-corrected chi connectivity index (χ3v) is 5.98. The van der Waals surface area contributed by atoms with Gasteiger partial charge in [-0.1, -0.05) is 25.8 Å². The largest absolute Gasteiger partial charge is 0.361 e. The van der Waals surface area contributed by atoms with Crippen molar-refractivity contribution in [2.75, 3.05) is 24.2 Å². The second-order valence-corrected chi connectivity index (χ2v) is 8.91. The van der Waals surface area contributed by atoms with Gasteiger partial charge in [0.1, 0.15) is 22.2 Å². The monoisotopic (exact) mass is 415 g/mol. The molecule has 1 aliphatic heterocycles. The lowest BCUT2D eigenvalue weighted by Crippen LogP contribution is -2.46. The summed E-state index contributed by atoms with van der Waals surface area (Å²) in [4.78, 5) is 15.2. The Bertz CT molecular complexity index is 707. The van der Waals surface area contributed by atoms with E-state index in [1.54, 1.807) is 11.9 Å². The number of benzene rings is 1. The minimum Gasteiger partial charge on any atom is -0.361 e. The standard InChI is InChI=1S/C18H24F2N4OS2/c1-11(2)27-22-4-5-24-12(3)10-26-17(16(24)9-21)18(25)23-15-7-13(19)6-14(20)8-15/h6-9,11-12,21-22H,4-5,10H2,1-3H3,(H,23,25)/p+1. The van der Waals surface area contributed by atoms with Crippen LogP contribution in [0.2, 0.25) is 0 Å². The van der Waals surface area contributed by atoms with Gasteiger partial charge < -0.3 is 10.2 Å². The maximum absolute atomic E-state index is 13.4. The van der Waals surface area contributed by atoms with Gasteiger partial charge in [0.15, 0.2) is 6.21 Å². The first-order valence-electron chi connectivity index (χ1n) is 8.66. The summed E-state index contributed by atoms with van der Waals surface area (Å²) in [5.74, 6) is -1.20. The van der Waals surface area contributed by atoms with E-state index in [-0.39, 0.29) is 11.7 Å². The number of hydrogen-bond acceptors (Lipinski definition) is 5. The van der Waals surface area contributed by atoms with Gasteiger partial charge >= 0.3 is 0 Å². The van der Waals surface area contributed by atoms with Gasteiger partial charge in [-0.2, -0.15) is 0 Å². The van der Waals surface area contributed by atoms with Crippen LogP contribution in [0.15, 0.2) is 28.8 Å². The van der Waals surface area contributed by atoms with Gasteiger partial charge in [-0.3, -0.25) is 14.9 Å². The van der Waals surface area contributed by atoms with E-state index in [1.165, 1.54) is 18.0 Å². The van der Waals surface area contributed by atoms with E-state index in [1.807, 2.05) is 0 Å². The highest BCUT2D eigenvalue weighted by Crippen LogP contribution is 2.31. The third-order valence-electron chi connectivity index (χ3n) is 3.80. The highest BCUT2D eigenvalue weighted by molar-refractivity contribution is 8.04. The van der Waals surface area contributed by atoms with Crippen LogP contribution in [0, 0.1) is 11.6 Å². The predicted molar refractivity (Wildman–Crippen MR) is 109 cm³/mol. The van der Waals surface area contributed by atoms with Gasteiger partial charge in [0, 0.05) is 41.9 Å². The first-order chi connectivity index (χ1) is 12.8. The molecule has 1 aliphatic rings. The highest BCUT2D eigenvalue weighted by Gasteiger charge is 2.30. The number of nitrogens with zero attached hydrogens (tertiary/aromatic N) is 1. The maximum atomic E-state index is 13.4. The molecular weight excluding hydrogens is 390 g/mol. The fraction of sp³-hybridized carbons (Fsp3) is 0.444. The van der Waals surface area contributed by atoms with E-state index < -0.39 is 17.5 Å². The molecule has 4 N–H and O–H groups in total. The van der Waals surface area contributed by atoms with Gasteiger partial charge in [0.05, 0.1) is 0 Å². The molecule has 0 radical (unpaired) electrons. The SMILES string of the molecule is CC(C)SNCCN1C(C=[NH2+])=C(C(=O)Nc2cc(F)cc(F)c2)SCC1C. The molecule has 0 spiro atoms. The van der Waals surface area contributed by atoms with Gasteiger partial charge in [0.2, 0.25) is 0 Å². The summed E-state index contributed by atoms with van der Waals surface area (Å²) in [6.07, 6.45) is 1.42. The van der Waals surface area contributed by atoms with E-state index in [0.29, 0.717) is 22.4 Å². The lowest BCUT2D eigenvalue weighted by Gasteiger charge is -2.35. The molecule has 1 amide bonds. The summed E-state index contributed by atoms with van der Waals surface area (Å²) in [6.45, 7) is 7.71. The maximum Gasteiger partial charge on any atom is 0.264 e. The molecule has 1 aromatic rings. The summed E-state index contributed by atoms with van der Waals surface area (Å²) >= 11 is 3.04. The molecule has 5 nitrogen and oxygen atoms in total. The minimum absolute atomic E-state index is 0.0714. The van der Waals surface area contributed by atoms with E-state index >= 15 is 0 Å². The molecule has 0 aromatic heterocycles. The Balaban J connectivity index is 2.14. The van der Waals surface area contributed by atoms with Crippen molar-refractivity contribution in [3.05, 3.63) is 40.4 Å². The number of halogens is 2. The molecule has 2 rings (SSSR count). The molecule has 0 saturated heterocycles. The lowest BCUT2D eigenvalue weighted by atomic mass is 10.2. The van der Waals surface area contributed by atoms with E-state index in [9.17, 15) is 13.6 Å². The number of hydrogen-bond donors (Lipinski definition) is 3. The van der Waals surface area contributed by atoms with Crippen LogP contribution in [0.4, 0.5) is 14.5 Å². The number of nitrogens with one attached hydrogen (secondary N) is 2. The molecule has 1 atom stereocenters. The van der Waals surface area contributed by atoms with Crippen molar-refractivity contribution in [3.8, 4) is 0 Å². The van der Waals surface area contributed by atoms with Crippen molar-refractivity contribution >= 4 is 41.5 Å². The Morgan fingerprint density at radius 2 is 2.07 bits per heavy atom. The molecule has 0 bridgehead atoms. The minimum atomic E-state index is -0.745. The number of carbonyl (C=O) groups is 1. The number of rotatable bonds is 8. The summed E-state index contributed by atoms with van der Waals surface area (Å²) in [6, 6.07) is 3.12. The zero-order valence-electron chi connectivity index (χ0n) is 15.6. The average Bonchev–Trinajstić information content (AvgIpc) is 2.58. The second kappa shape index (κ2) is 10.1. The summed E-state index contributed by atoms with van der Waals surface area (Å²) in [7, 11) is 0. The molecule has 0 saturated carbocycles. The molecule has 1 heterocycles. The number of amides is 1. The van der Waals surface area contributed by atoms with Gasteiger partial charge in [-0.25, -0.2) is 8.78 Å². The molecule has 1 unspecified atom stereocenters. The number of nitrogens with two attached hydrogens (primary N) is 1. The zero-order chi connectivity index (χ0) is 20.0. The smallest absolute Gasteiger partial charge is 0.264 e. The Morgan fingerprint density at radius 3 is 2.67 bits per heavy atom. The van der Waals surface area contributed by atoms with Crippen molar-refractivity contribution in [2.45, 2.75) is 32.1 Å². The van der Waals surface area contributed by atoms with Crippen LogP contribution in [0.1, 0.15) is 20.8 Å². The number of allylic oxidation sites excluding steroid dienone is 1. The number of thioether (sulfide) groups is 1. The average molecular weight is 416 g/mol. The molecule has 9 heteroatoms. The van der Waals surface area contributed by atoms with Crippen LogP contribution in [0.5, 0.6) is 0 Å². The van der Waals surface area contributed by atoms with Crippen molar-refractivity contribution in [1.82, 2.24) is 9.62 Å². The Hall–Kier alpha value is -1.58.